The maximum atomic E-state index is 11.7. The summed E-state index contributed by atoms with van der Waals surface area (Å²) in [5, 5.41) is 8.75. The van der Waals surface area contributed by atoms with Gasteiger partial charge in [-0.15, -0.1) is 0 Å². The van der Waals surface area contributed by atoms with E-state index in [2.05, 4.69) is 19.9 Å². The summed E-state index contributed by atoms with van der Waals surface area (Å²) in [6.07, 6.45) is 4.22. The maximum absolute atomic E-state index is 11.7. The van der Waals surface area contributed by atoms with Crippen molar-refractivity contribution in [2.45, 2.75) is 33.1 Å². The lowest BCUT2D eigenvalue weighted by Gasteiger charge is -2.28. The van der Waals surface area contributed by atoms with Crippen molar-refractivity contribution in [3.8, 4) is 6.07 Å². The average Bonchev–Trinajstić information content (AvgIpc) is 2.27. The second kappa shape index (κ2) is 4.78. The summed E-state index contributed by atoms with van der Waals surface area (Å²) in [5.74, 6) is 0.231. The first-order chi connectivity index (χ1) is 8.48. The fourth-order valence-electron chi connectivity index (χ4n) is 2.55. The minimum atomic E-state index is 0.0771. The van der Waals surface area contributed by atoms with Crippen molar-refractivity contribution in [2.75, 3.05) is 0 Å². The standard InChI is InChI=1S/C16H17NO/c1-16(2)9-14(8-15(18)10-16)7-12-3-5-13(11-17)6-4-12/h3-6,8H,7,9-10H2,1-2H3. The van der Waals surface area contributed by atoms with E-state index >= 15 is 0 Å². The lowest BCUT2D eigenvalue weighted by molar-refractivity contribution is -0.117. The molecule has 0 atom stereocenters. The van der Waals surface area contributed by atoms with Crippen LogP contribution in [-0.2, 0) is 11.2 Å². The van der Waals surface area contributed by atoms with Crippen LogP contribution in [0.5, 0.6) is 0 Å². The first-order valence-corrected chi connectivity index (χ1v) is 6.20. The van der Waals surface area contributed by atoms with E-state index in [-0.39, 0.29) is 11.2 Å². The number of allylic oxidation sites excluding steroid dienone is 2. The molecule has 0 saturated carbocycles. The number of hydrogen-bond donors (Lipinski definition) is 0. The SMILES string of the molecule is CC1(C)CC(=O)C=C(Cc2ccc(C#N)cc2)C1. The zero-order chi connectivity index (χ0) is 13.2. The van der Waals surface area contributed by atoms with E-state index in [4.69, 9.17) is 5.26 Å². The van der Waals surface area contributed by atoms with Gasteiger partial charge in [-0.1, -0.05) is 31.6 Å². The summed E-state index contributed by atoms with van der Waals surface area (Å²) in [6, 6.07) is 9.69. The maximum Gasteiger partial charge on any atom is 0.156 e. The first-order valence-electron chi connectivity index (χ1n) is 6.20. The molecule has 2 rings (SSSR count). The van der Waals surface area contributed by atoms with Gasteiger partial charge in [0.1, 0.15) is 0 Å². The van der Waals surface area contributed by atoms with Gasteiger partial charge in [0.15, 0.2) is 5.78 Å². The summed E-state index contributed by atoms with van der Waals surface area (Å²) in [6.45, 7) is 4.27. The minimum Gasteiger partial charge on any atom is -0.295 e. The molecular weight excluding hydrogens is 222 g/mol. The predicted octanol–water partition coefficient (Wildman–Crippen LogP) is 3.42. The number of benzene rings is 1. The van der Waals surface area contributed by atoms with E-state index < -0.39 is 0 Å². The molecule has 0 fully saturated rings. The highest BCUT2D eigenvalue weighted by Crippen LogP contribution is 2.34. The van der Waals surface area contributed by atoms with Crippen LogP contribution in [0.4, 0.5) is 0 Å². The van der Waals surface area contributed by atoms with E-state index in [1.165, 1.54) is 5.57 Å². The number of ketones is 1. The molecule has 0 saturated heterocycles. The third-order valence-electron chi connectivity index (χ3n) is 3.24. The second-order valence-corrected chi connectivity index (χ2v) is 5.77. The van der Waals surface area contributed by atoms with Gasteiger partial charge in [-0.05, 0) is 42.0 Å². The van der Waals surface area contributed by atoms with Gasteiger partial charge in [-0.25, -0.2) is 0 Å². The Bertz CT molecular complexity index is 529. The van der Waals surface area contributed by atoms with Gasteiger partial charge in [0.05, 0.1) is 11.6 Å². The lowest BCUT2D eigenvalue weighted by atomic mass is 9.75. The molecule has 18 heavy (non-hydrogen) atoms. The molecule has 1 aromatic carbocycles. The van der Waals surface area contributed by atoms with Crippen LogP contribution in [0.2, 0.25) is 0 Å². The zero-order valence-corrected chi connectivity index (χ0v) is 10.9. The minimum absolute atomic E-state index is 0.0771. The fraction of sp³-hybridized carbons (Fsp3) is 0.375. The first kappa shape index (κ1) is 12.6. The predicted molar refractivity (Wildman–Crippen MR) is 71.0 cm³/mol. The van der Waals surface area contributed by atoms with Crippen LogP contribution < -0.4 is 0 Å². The zero-order valence-electron chi connectivity index (χ0n) is 10.9. The van der Waals surface area contributed by atoms with Crippen LogP contribution >= 0.6 is 0 Å². The summed E-state index contributed by atoms with van der Waals surface area (Å²) in [7, 11) is 0. The van der Waals surface area contributed by atoms with Gasteiger partial charge in [0.2, 0.25) is 0 Å². The Morgan fingerprint density at radius 1 is 1.22 bits per heavy atom. The molecule has 0 aliphatic heterocycles. The van der Waals surface area contributed by atoms with Crippen molar-refractivity contribution in [1.82, 2.24) is 0 Å². The Kier molecular flexibility index (Phi) is 3.34. The van der Waals surface area contributed by atoms with Crippen molar-refractivity contribution in [2.24, 2.45) is 5.41 Å². The summed E-state index contributed by atoms with van der Waals surface area (Å²) >= 11 is 0. The normalized spacial score (nSPS) is 18.1. The van der Waals surface area contributed by atoms with Crippen LogP contribution in [0.15, 0.2) is 35.9 Å². The van der Waals surface area contributed by atoms with Crippen LogP contribution in [0.1, 0.15) is 37.8 Å². The largest absolute Gasteiger partial charge is 0.295 e. The van der Waals surface area contributed by atoms with Crippen molar-refractivity contribution >= 4 is 5.78 Å². The van der Waals surface area contributed by atoms with E-state index in [0.717, 1.165) is 18.4 Å². The molecule has 2 nitrogen and oxygen atoms in total. The van der Waals surface area contributed by atoms with Crippen LogP contribution in [0.3, 0.4) is 0 Å². The van der Waals surface area contributed by atoms with E-state index in [0.29, 0.717) is 12.0 Å². The molecule has 0 spiro atoms. The van der Waals surface area contributed by atoms with Crippen LogP contribution in [0, 0.1) is 16.7 Å². The quantitative estimate of drug-likeness (QED) is 0.793. The fourth-order valence-corrected chi connectivity index (χ4v) is 2.55. The van der Waals surface area contributed by atoms with E-state index in [1.807, 2.05) is 24.3 Å². The van der Waals surface area contributed by atoms with Crippen molar-refractivity contribution in [3.63, 3.8) is 0 Å². The molecule has 92 valence electrons. The summed E-state index contributed by atoms with van der Waals surface area (Å²) in [5.41, 5.74) is 3.10. The van der Waals surface area contributed by atoms with Crippen LogP contribution in [0.25, 0.3) is 0 Å². The highest BCUT2D eigenvalue weighted by atomic mass is 16.1. The number of rotatable bonds is 2. The molecule has 0 amide bonds. The summed E-state index contributed by atoms with van der Waals surface area (Å²) in [4.78, 5) is 11.7. The molecule has 0 bridgehead atoms. The van der Waals surface area contributed by atoms with E-state index in [9.17, 15) is 4.79 Å². The smallest absolute Gasteiger partial charge is 0.156 e. The molecule has 1 aliphatic carbocycles. The Morgan fingerprint density at radius 2 is 1.89 bits per heavy atom. The van der Waals surface area contributed by atoms with Crippen molar-refractivity contribution in [3.05, 3.63) is 47.0 Å². The Balaban J connectivity index is 2.14. The molecule has 0 heterocycles. The van der Waals surface area contributed by atoms with Gasteiger partial charge in [0, 0.05) is 6.42 Å². The van der Waals surface area contributed by atoms with Crippen LogP contribution in [-0.4, -0.2) is 5.78 Å². The highest BCUT2D eigenvalue weighted by Gasteiger charge is 2.27. The molecule has 1 aromatic rings. The van der Waals surface area contributed by atoms with Crippen molar-refractivity contribution in [1.29, 1.82) is 5.26 Å². The molecule has 0 aromatic heterocycles. The molecular formula is C16H17NO. The molecule has 1 aliphatic rings. The molecule has 0 unspecified atom stereocenters. The second-order valence-electron chi connectivity index (χ2n) is 5.77. The highest BCUT2D eigenvalue weighted by molar-refractivity contribution is 5.91. The number of hydrogen-bond acceptors (Lipinski definition) is 2. The molecule has 2 heteroatoms. The summed E-state index contributed by atoms with van der Waals surface area (Å²) < 4.78 is 0. The van der Waals surface area contributed by atoms with Gasteiger partial charge < -0.3 is 0 Å². The number of nitrogens with zero attached hydrogens (tertiary/aromatic N) is 1. The number of nitriles is 1. The third kappa shape index (κ3) is 3.07. The topological polar surface area (TPSA) is 40.9 Å². The molecule has 0 N–H and O–H groups in total. The van der Waals surface area contributed by atoms with Gasteiger partial charge in [-0.3, -0.25) is 4.79 Å². The Morgan fingerprint density at radius 3 is 2.44 bits per heavy atom. The number of carbonyl (C=O) groups is 1. The van der Waals surface area contributed by atoms with Gasteiger partial charge in [0.25, 0.3) is 0 Å². The lowest BCUT2D eigenvalue weighted by Crippen LogP contribution is -2.22. The average molecular weight is 239 g/mol. The Hall–Kier alpha value is -1.88. The Labute approximate surface area is 108 Å². The van der Waals surface area contributed by atoms with Crippen molar-refractivity contribution < 1.29 is 4.79 Å². The monoisotopic (exact) mass is 239 g/mol. The van der Waals surface area contributed by atoms with E-state index in [1.54, 1.807) is 6.08 Å². The number of carbonyl (C=O) groups excluding carboxylic acids is 1. The van der Waals surface area contributed by atoms with Gasteiger partial charge in [-0.2, -0.15) is 5.26 Å². The molecule has 0 radical (unpaired) electrons. The van der Waals surface area contributed by atoms with Gasteiger partial charge >= 0.3 is 0 Å². The third-order valence-corrected chi connectivity index (χ3v) is 3.24.